The van der Waals surface area contributed by atoms with E-state index in [2.05, 4.69) is 6.92 Å². The average molecular weight is 286 g/mol. The van der Waals surface area contributed by atoms with Gasteiger partial charge in [0.15, 0.2) is 6.29 Å². The first kappa shape index (κ1) is 16.7. The summed E-state index contributed by atoms with van der Waals surface area (Å²) in [5.41, 5.74) is 0. The summed E-state index contributed by atoms with van der Waals surface area (Å²) in [5, 5.41) is 0. The molecule has 0 spiro atoms. The third-order valence-electron chi connectivity index (χ3n) is 2.67. The molecule has 0 N–H and O–H groups in total. The molecule has 1 heterocycles. The molecule has 0 aromatic heterocycles. The summed E-state index contributed by atoms with van der Waals surface area (Å²) >= 11 is 0. The maximum atomic E-state index is 11.0. The van der Waals surface area contributed by atoms with Gasteiger partial charge in [-0.2, -0.15) is 0 Å². The van der Waals surface area contributed by atoms with Gasteiger partial charge in [0.2, 0.25) is 0 Å². The van der Waals surface area contributed by atoms with Crippen LogP contribution in [0.3, 0.4) is 0 Å². The molecule has 3 atom stereocenters. The molecule has 0 aromatic rings. The van der Waals surface area contributed by atoms with Crippen LogP contribution >= 0.6 is 0 Å². The largest absolute Gasteiger partial charge is 0.463 e. The van der Waals surface area contributed by atoms with Crippen LogP contribution in [0.5, 0.6) is 0 Å². The minimum Gasteiger partial charge on any atom is -0.463 e. The smallest absolute Gasteiger partial charge is 0.303 e. The quantitative estimate of drug-likeness (QED) is 0.402. The van der Waals surface area contributed by atoms with Crippen molar-refractivity contribution in [3.63, 3.8) is 0 Å². The molecule has 0 aromatic carbocycles. The summed E-state index contributed by atoms with van der Waals surface area (Å²) < 4.78 is 21.2. The van der Waals surface area contributed by atoms with E-state index in [1.165, 1.54) is 13.8 Å². The maximum absolute atomic E-state index is 11.0. The van der Waals surface area contributed by atoms with Gasteiger partial charge in [0.1, 0.15) is 18.8 Å². The second-order valence-corrected chi connectivity index (χ2v) is 4.53. The number of hydrogen-bond donors (Lipinski definition) is 0. The van der Waals surface area contributed by atoms with Gasteiger partial charge in [-0.3, -0.25) is 9.59 Å². The molecular weight excluding hydrogens is 264 g/mol. The second-order valence-electron chi connectivity index (χ2n) is 4.53. The van der Waals surface area contributed by atoms with Crippen molar-refractivity contribution >= 4 is 11.9 Å². The van der Waals surface area contributed by atoms with Gasteiger partial charge in [-0.05, 0) is 18.6 Å². The highest BCUT2D eigenvalue weighted by atomic mass is 16.7. The highest BCUT2D eigenvalue weighted by Crippen LogP contribution is 2.18. The molecule has 0 aliphatic carbocycles. The Hall–Kier alpha value is -1.40. The molecule has 0 amide bonds. The van der Waals surface area contributed by atoms with Gasteiger partial charge >= 0.3 is 11.9 Å². The normalized spacial score (nSPS) is 25.2. The Kier molecular flexibility index (Phi) is 7.25. The zero-order valence-electron chi connectivity index (χ0n) is 12.2. The molecule has 6 nitrogen and oxygen atoms in total. The van der Waals surface area contributed by atoms with Crippen LogP contribution in [0, 0.1) is 0 Å². The molecule has 20 heavy (non-hydrogen) atoms. The predicted molar refractivity (Wildman–Crippen MR) is 70.8 cm³/mol. The van der Waals surface area contributed by atoms with Gasteiger partial charge in [-0.15, -0.1) is 0 Å². The minimum absolute atomic E-state index is 0.0191. The molecule has 0 saturated carbocycles. The fourth-order valence-electron chi connectivity index (χ4n) is 1.70. The lowest BCUT2D eigenvalue weighted by Crippen LogP contribution is -2.42. The SMILES string of the molecule is CCCCOC1C=CC(OC(C)=O)C(COC(C)=O)O1. The summed E-state index contributed by atoms with van der Waals surface area (Å²) in [7, 11) is 0. The summed E-state index contributed by atoms with van der Waals surface area (Å²) in [6.45, 7) is 5.31. The summed E-state index contributed by atoms with van der Waals surface area (Å²) in [6, 6.07) is 0. The second kappa shape index (κ2) is 8.71. The van der Waals surface area contributed by atoms with E-state index in [0.717, 1.165) is 12.8 Å². The Morgan fingerprint density at radius 2 is 1.95 bits per heavy atom. The number of unbranched alkanes of at least 4 members (excludes halogenated alkanes) is 1. The van der Waals surface area contributed by atoms with E-state index in [1.54, 1.807) is 12.2 Å². The topological polar surface area (TPSA) is 71.1 Å². The van der Waals surface area contributed by atoms with E-state index in [4.69, 9.17) is 18.9 Å². The van der Waals surface area contributed by atoms with Gasteiger partial charge in [0.05, 0.1) is 6.61 Å². The van der Waals surface area contributed by atoms with Crippen molar-refractivity contribution in [2.45, 2.75) is 52.1 Å². The maximum Gasteiger partial charge on any atom is 0.303 e. The molecule has 114 valence electrons. The third kappa shape index (κ3) is 6.16. The minimum atomic E-state index is -0.571. The summed E-state index contributed by atoms with van der Waals surface area (Å²) in [5.74, 6) is -0.824. The van der Waals surface area contributed by atoms with Crippen LogP contribution in [0.15, 0.2) is 12.2 Å². The van der Waals surface area contributed by atoms with Crippen LogP contribution < -0.4 is 0 Å². The number of esters is 2. The Bertz CT molecular complexity index is 352. The number of carbonyl (C=O) groups is 2. The molecule has 1 aliphatic rings. The van der Waals surface area contributed by atoms with E-state index < -0.39 is 30.4 Å². The van der Waals surface area contributed by atoms with E-state index in [1.807, 2.05) is 0 Å². The lowest BCUT2D eigenvalue weighted by atomic mass is 10.1. The summed E-state index contributed by atoms with van der Waals surface area (Å²) in [4.78, 5) is 21.9. The van der Waals surface area contributed by atoms with Gasteiger partial charge in [0, 0.05) is 13.8 Å². The van der Waals surface area contributed by atoms with Gasteiger partial charge in [-0.1, -0.05) is 13.3 Å². The van der Waals surface area contributed by atoms with Crippen LogP contribution in [-0.4, -0.2) is 43.7 Å². The number of carbonyl (C=O) groups excluding carboxylic acids is 2. The Labute approximate surface area is 119 Å². The first-order valence-electron chi connectivity index (χ1n) is 6.79. The molecule has 0 bridgehead atoms. The van der Waals surface area contributed by atoms with Crippen LogP contribution in [0.2, 0.25) is 0 Å². The first-order chi connectivity index (χ1) is 9.52. The lowest BCUT2D eigenvalue weighted by molar-refractivity contribution is -0.197. The number of hydrogen-bond acceptors (Lipinski definition) is 6. The van der Waals surface area contributed by atoms with Crippen molar-refractivity contribution < 1.29 is 28.5 Å². The van der Waals surface area contributed by atoms with E-state index in [0.29, 0.717) is 6.61 Å². The molecule has 1 rings (SSSR count). The molecule has 0 radical (unpaired) electrons. The molecular formula is C14H22O6. The van der Waals surface area contributed by atoms with Crippen LogP contribution in [0.1, 0.15) is 33.6 Å². The van der Waals surface area contributed by atoms with Crippen LogP contribution in [-0.2, 0) is 28.5 Å². The van der Waals surface area contributed by atoms with Gasteiger partial charge in [0.25, 0.3) is 0 Å². The first-order valence-corrected chi connectivity index (χ1v) is 6.79. The standard InChI is InChI=1S/C14H22O6/c1-4-5-8-17-14-7-6-12(19-11(3)16)13(20-14)9-18-10(2)15/h6-7,12-14H,4-5,8-9H2,1-3H3. The highest BCUT2D eigenvalue weighted by molar-refractivity contribution is 5.66. The summed E-state index contributed by atoms with van der Waals surface area (Å²) in [6.07, 6.45) is 3.74. The van der Waals surface area contributed by atoms with E-state index in [-0.39, 0.29) is 6.61 Å². The third-order valence-corrected chi connectivity index (χ3v) is 2.67. The van der Waals surface area contributed by atoms with Gasteiger partial charge < -0.3 is 18.9 Å². The monoisotopic (exact) mass is 286 g/mol. The van der Waals surface area contributed by atoms with Crippen molar-refractivity contribution in [1.29, 1.82) is 0 Å². The fourth-order valence-corrected chi connectivity index (χ4v) is 1.70. The van der Waals surface area contributed by atoms with Crippen molar-refractivity contribution in [3.8, 4) is 0 Å². The lowest BCUT2D eigenvalue weighted by Gasteiger charge is -2.31. The molecule has 6 heteroatoms. The van der Waals surface area contributed by atoms with E-state index in [9.17, 15) is 9.59 Å². The molecule has 0 fully saturated rings. The fraction of sp³-hybridized carbons (Fsp3) is 0.714. The zero-order valence-corrected chi connectivity index (χ0v) is 12.2. The Morgan fingerprint density at radius 3 is 2.55 bits per heavy atom. The van der Waals surface area contributed by atoms with Crippen LogP contribution in [0.4, 0.5) is 0 Å². The Balaban J connectivity index is 2.56. The molecule has 1 aliphatic heterocycles. The Morgan fingerprint density at radius 1 is 1.20 bits per heavy atom. The highest BCUT2D eigenvalue weighted by Gasteiger charge is 2.30. The van der Waals surface area contributed by atoms with Crippen molar-refractivity contribution in [2.24, 2.45) is 0 Å². The number of ether oxygens (including phenoxy) is 4. The number of rotatable bonds is 7. The van der Waals surface area contributed by atoms with Crippen molar-refractivity contribution in [2.75, 3.05) is 13.2 Å². The van der Waals surface area contributed by atoms with Gasteiger partial charge in [-0.25, -0.2) is 0 Å². The zero-order chi connectivity index (χ0) is 15.0. The molecule has 3 unspecified atom stereocenters. The van der Waals surface area contributed by atoms with Crippen molar-refractivity contribution in [1.82, 2.24) is 0 Å². The predicted octanol–water partition coefficient (Wildman–Crippen LogP) is 1.58. The average Bonchev–Trinajstić information content (AvgIpc) is 2.38. The van der Waals surface area contributed by atoms with Crippen molar-refractivity contribution in [3.05, 3.63) is 12.2 Å². The van der Waals surface area contributed by atoms with Crippen LogP contribution in [0.25, 0.3) is 0 Å². The van der Waals surface area contributed by atoms with E-state index >= 15 is 0 Å². The molecule has 0 saturated heterocycles.